The van der Waals surface area contributed by atoms with E-state index in [1.807, 2.05) is 44.4 Å². The maximum atomic E-state index is 14.6. The molecule has 3 rings (SSSR count). The molecule has 1 unspecified atom stereocenters. The number of aliphatic hydroxyl groups is 1. The van der Waals surface area contributed by atoms with Crippen molar-refractivity contribution in [1.29, 1.82) is 0 Å². The van der Waals surface area contributed by atoms with E-state index in [9.17, 15) is 34.2 Å². The first-order valence-corrected chi connectivity index (χ1v) is 19.2. The first-order valence-electron chi connectivity index (χ1n) is 17.8. The number of carbonyl (C=O) groups is 5. The summed E-state index contributed by atoms with van der Waals surface area (Å²) in [6.07, 6.45) is 7.95. The molecule has 296 valence electrons. The van der Waals surface area contributed by atoms with Gasteiger partial charge in [0.05, 0.1) is 24.5 Å². The summed E-state index contributed by atoms with van der Waals surface area (Å²) >= 11 is 1.56. The number of nitrogens with one attached hydrogen (secondary N) is 6. The molecule has 0 aliphatic carbocycles. The van der Waals surface area contributed by atoms with E-state index in [0.29, 0.717) is 42.8 Å². The van der Waals surface area contributed by atoms with Crippen LogP contribution in [-0.4, -0.2) is 115 Å². The van der Waals surface area contributed by atoms with Crippen LogP contribution in [0.4, 0.5) is 0 Å². The van der Waals surface area contributed by atoms with Crippen molar-refractivity contribution in [3.05, 3.63) is 66.0 Å². The van der Waals surface area contributed by atoms with Crippen LogP contribution in [0.1, 0.15) is 51.3 Å². The Kier molecular flexibility index (Phi) is 17.6. The second-order valence-electron chi connectivity index (χ2n) is 13.3. The lowest BCUT2D eigenvalue weighted by atomic mass is 10.00. The summed E-state index contributed by atoms with van der Waals surface area (Å²) in [5.74, 6) is -3.42. The number of thioether (sulfide) groups is 1. The van der Waals surface area contributed by atoms with Crippen LogP contribution in [0.15, 0.2) is 54.8 Å². The highest BCUT2D eigenvalue weighted by atomic mass is 32.2. The molecule has 0 spiro atoms. The van der Waals surface area contributed by atoms with Crippen LogP contribution < -0.4 is 32.7 Å². The predicted octanol–water partition coefficient (Wildman–Crippen LogP) is 0.288. The third-order valence-corrected chi connectivity index (χ3v) is 9.31. The van der Waals surface area contributed by atoms with E-state index in [4.69, 9.17) is 11.5 Å². The Morgan fingerprint density at radius 3 is 2.48 bits per heavy atom. The second kappa shape index (κ2) is 21.8. The molecule has 0 radical (unpaired) electrons. The van der Waals surface area contributed by atoms with E-state index >= 15 is 0 Å². The van der Waals surface area contributed by atoms with Crippen LogP contribution >= 0.6 is 11.8 Å². The number of rotatable bonds is 23. The van der Waals surface area contributed by atoms with Crippen LogP contribution in [-0.2, 0) is 36.9 Å². The second-order valence-corrected chi connectivity index (χ2v) is 14.3. The van der Waals surface area contributed by atoms with E-state index in [2.05, 4.69) is 36.2 Å². The smallest absolute Gasteiger partial charge is 0.325 e. The quantitative estimate of drug-likeness (QED) is 0.0354. The third kappa shape index (κ3) is 13.3. The Bertz CT molecular complexity index is 1710. The molecule has 3 aromatic rings. The number of nitrogens with zero attached hydrogens (tertiary/aromatic N) is 2. The lowest BCUT2D eigenvalue weighted by molar-refractivity contribution is -0.141. The van der Waals surface area contributed by atoms with E-state index < -0.39 is 66.5 Å². The number of hydrogen-bond donors (Lipinski definition) is 10. The van der Waals surface area contributed by atoms with E-state index in [-0.39, 0.29) is 24.6 Å². The van der Waals surface area contributed by atoms with Gasteiger partial charge in [-0.2, -0.15) is 11.8 Å². The number of carbonyl (C=O) groups excluding carboxylic acids is 4. The number of aliphatic carboxylic acids is 1. The fraction of sp³-hybridized carbons (Fsp3) is 0.500. The number of unbranched alkanes of at least 4 members (excludes halogenated alkanes) is 1. The maximum absolute atomic E-state index is 14.6. The van der Waals surface area contributed by atoms with Crippen molar-refractivity contribution in [2.45, 2.75) is 83.4 Å². The van der Waals surface area contributed by atoms with Gasteiger partial charge in [-0.1, -0.05) is 38.1 Å². The topological polar surface area (TPSA) is 274 Å². The molecule has 0 fully saturated rings. The highest BCUT2D eigenvalue weighted by molar-refractivity contribution is 7.98. The number of H-pyrrole nitrogens is 2. The molecule has 2 aromatic heterocycles. The van der Waals surface area contributed by atoms with Gasteiger partial charge in [-0.25, -0.2) is 4.98 Å². The Hall–Kier alpha value is -4.75. The number of carboxylic acid groups (broad SMARTS) is 1. The van der Waals surface area contributed by atoms with Crippen LogP contribution in [0.3, 0.4) is 0 Å². The molecule has 18 heteroatoms. The van der Waals surface area contributed by atoms with Gasteiger partial charge in [0.15, 0.2) is 0 Å². The van der Waals surface area contributed by atoms with Gasteiger partial charge in [0.2, 0.25) is 17.7 Å². The number of aromatic amines is 2. The van der Waals surface area contributed by atoms with Crippen LogP contribution in [0, 0.1) is 5.92 Å². The Balaban J connectivity index is 1.96. The molecule has 0 bridgehead atoms. The molecule has 4 amide bonds. The van der Waals surface area contributed by atoms with Crippen molar-refractivity contribution in [2.75, 3.05) is 25.1 Å². The number of para-hydroxylation sites is 1. The van der Waals surface area contributed by atoms with Gasteiger partial charge in [0.1, 0.15) is 24.5 Å². The van der Waals surface area contributed by atoms with Crippen molar-refractivity contribution in [1.82, 2.24) is 41.1 Å². The van der Waals surface area contributed by atoms with Crippen molar-refractivity contribution in [3.8, 4) is 0 Å². The molecule has 54 heavy (non-hydrogen) atoms. The fourth-order valence-corrected chi connectivity index (χ4v) is 6.05. The largest absolute Gasteiger partial charge is 0.480 e. The molecule has 0 saturated heterocycles. The molecule has 1 aromatic carbocycles. The number of amides is 4. The summed E-state index contributed by atoms with van der Waals surface area (Å²) in [6.45, 7) is 4.66. The fourth-order valence-electron chi connectivity index (χ4n) is 5.57. The van der Waals surface area contributed by atoms with Gasteiger partial charge in [0, 0.05) is 42.0 Å². The Morgan fingerprint density at radius 2 is 1.83 bits per heavy atom. The van der Waals surface area contributed by atoms with E-state index in [1.54, 1.807) is 18.0 Å². The zero-order valence-corrected chi connectivity index (χ0v) is 31.9. The lowest BCUT2D eigenvalue weighted by Gasteiger charge is -2.33. The highest BCUT2D eigenvalue weighted by Crippen LogP contribution is 2.20. The number of imidazole rings is 1. The standard InChI is InChI=1S/C36H54N10O7S/c1-21(2)31(45-32(48)26(38)12-14-54-4)34(50)44-29(15-24-17-39-20-41-24)35(51)46(18-23-16-40-27-10-6-5-9-25(23)27)19-30(47)43-28(11-7-8-13-37)33(49)42-22(3)36(52)53/h5-6,9-11,16-17,20-22,26,29,31,34,40,44,50H,7-8,12-15,18-19,37-38H2,1-4H3,(H,39,41)(H,42,49)(H,43,47)(H,45,48)(H,52,53)/b28-11+/t22-,26-,29-,31-,34?/m0/s1. The van der Waals surface area contributed by atoms with Crippen molar-refractivity contribution >= 4 is 52.3 Å². The van der Waals surface area contributed by atoms with Crippen molar-refractivity contribution < 1.29 is 34.2 Å². The van der Waals surface area contributed by atoms with Crippen LogP contribution in [0.25, 0.3) is 10.9 Å². The van der Waals surface area contributed by atoms with E-state index in [1.165, 1.54) is 30.4 Å². The summed E-state index contributed by atoms with van der Waals surface area (Å²) in [5.41, 5.74) is 13.6. The summed E-state index contributed by atoms with van der Waals surface area (Å²) in [7, 11) is 0. The Morgan fingerprint density at radius 1 is 1.09 bits per heavy atom. The summed E-state index contributed by atoms with van der Waals surface area (Å²) < 4.78 is 0. The molecule has 17 nitrogen and oxygen atoms in total. The number of aliphatic hydroxyl groups excluding tert-OH is 1. The van der Waals surface area contributed by atoms with Crippen molar-refractivity contribution in [2.24, 2.45) is 17.4 Å². The molecule has 0 saturated carbocycles. The third-order valence-electron chi connectivity index (χ3n) is 8.66. The average Bonchev–Trinajstić information content (AvgIpc) is 3.81. The molecule has 2 heterocycles. The molecular formula is C36H54N10O7S. The molecule has 0 aliphatic heterocycles. The number of carboxylic acids is 1. The maximum Gasteiger partial charge on any atom is 0.325 e. The minimum Gasteiger partial charge on any atom is -0.480 e. The highest BCUT2D eigenvalue weighted by Gasteiger charge is 2.34. The van der Waals surface area contributed by atoms with Crippen LogP contribution in [0.2, 0.25) is 0 Å². The number of nitrogens with two attached hydrogens (primary N) is 2. The van der Waals surface area contributed by atoms with Gasteiger partial charge < -0.3 is 52.5 Å². The van der Waals surface area contributed by atoms with Crippen molar-refractivity contribution in [3.63, 3.8) is 0 Å². The first kappa shape index (κ1) is 43.7. The molecule has 0 aliphatic rings. The van der Waals surface area contributed by atoms with Gasteiger partial charge in [-0.15, -0.1) is 0 Å². The first-order chi connectivity index (χ1) is 25.7. The summed E-state index contributed by atoms with van der Waals surface area (Å²) in [5, 5.41) is 32.4. The zero-order chi connectivity index (χ0) is 39.8. The lowest BCUT2D eigenvalue weighted by Crippen LogP contribution is -2.60. The molecule has 5 atom stereocenters. The van der Waals surface area contributed by atoms with Gasteiger partial charge in [0.25, 0.3) is 5.91 Å². The van der Waals surface area contributed by atoms with Gasteiger partial charge in [-0.05, 0) is 62.3 Å². The monoisotopic (exact) mass is 770 g/mol. The average molecular weight is 771 g/mol. The number of allylic oxidation sites excluding steroid dienone is 1. The predicted molar refractivity (Wildman–Crippen MR) is 206 cm³/mol. The summed E-state index contributed by atoms with van der Waals surface area (Å²) in [6, 6.07) is 3.45. The Labute approximate surface area is 318 Å². The molecule has 12 N–H and O–H groups in total. The number of aromatic nitrogens is 3. The minimum absolute atomic E-state index is 0.0214. The van der Waals surface area contributed by atoms with Gasteiger partial charge in [-0.3, -0.25) is 29.3 Å². The van der Waals surface area contributed by atoms with E-state index in [0.717, 1.165) is 10.9 Å². The number of benzene rings is 1. The normalized spacial score (nSPS) is 14.6. The molecular weight excluding hydrogens is 717 g/mol. The zero-order valence-electron chi connectivity index (χ0n) is 31.1. The number of fused-ring (bicyclic) bond motifs is 1. The minimum atomic E-state index is -1.42. The number of hydrogen-bond acceptors (Lipinski definition) is 11. The SMILES string of the molecule is CSCC[C@H](N)C(=O)N[C@@H](C(C)C)C(O)N[C@@H](Cc1cnc[nH]1)C(=O)N(CC(=O)N/C(=C/CCCN)C(=O)N[C@@H](C)C(=O)O)Cc1c[nH]c2ccccc12. The van der Waals surface area contributed by atoms with Crippen LogP contribution in [0.5, 0.6) is 0 Å². The summed E-state index contributed by atoms with van der Waals surface area (Å²) in [4.78, 5) is 77.3. The van der Waals surface area contributed by atoms with Gasteiger partial charge >= 0.3 is 5.97 Å².